The van der Waals surface area contributed by atoms with Gasteiger partial charge in [0.05, 0.1) is 5.92 Å². The Kier molecular flexibility index (Phi) is 3.67. The van der Waals surface area contributed by atoms with Crippen LogP contribution in [0, 0.1) is 5.92 Å². The number of anilines is 1. The van der Waals surface area contributed by atoms with Crippen molar-refractivity contribution in [3.63, 3.8) is 0 Å². The number of hydrogen-bond acceptors (Lipinski definition) is 2. The highest BCUT2D eigenvalue weighted by atomic mass is 16.4. The molecule has 0 radical (unpaired) electrons. The lowest BCUT2D eigenvalue weighted by Gasteiger charge is -2.33. The van der Waals surface area contributed by atoms with E-state index in [2.05, 4.69) is 23.1 Å². The van der Waals surface area contributed by atoms with Crippen LogP contribution in [0.15, 0.2) is 24.3 Å². The second-order valence-corrected chi connectivity index (χ2v) is 4.62. The molecule has 0 aromatic heterocycles. The van der Waals surface area contributed by atoms with Crippen molar-refractivity contribution in [1.29, 1.82) is 0 Å². The highest BCUT2D eigenvalue weighted by molar-refractivity contribution is 5.71. The number of carbonyl (C=O) groups is 1. The first-order valence-electron chi connectivity index (χ1n) is 6.28. The molecule has 1 atom stereocenters. The third-order valence-electron chi connectivity index (χ3n) is 3.49. The number of aliphatic carboxylic acids is 1. The van der Waals surface area contributed by atoms with Crippen LogP contribution in [0.5, 0.6) is 0 Å². The normalized spacial score (nSPS) is 16.4. The van der Waals surface area contributed by atoms with Gasteiger partial charge in [0.2, 0.25) is 0 Å². The quantitative estimate of drug-likeness (QED) is 0.868. The molecule has 0 aliphatic carbocycles. The Balaban J connectivity index is 2.15. The average molecular weight is 233 g/mol. The number of carboxylic acid groups (broad SMARTS) is 1. The molecule has 92 valence electrons. The number of benzene rings is 1. The topological polar surface area (TPSA) is 40.5 Å². The van der Waals surface area contributed by atoms with Crippen molar-refractivity contribution in [3.8, 4) is 0 Å². The van der Waals surface area contributed by atoms with Crippen LogP contribution < -0.4 is 4.90 Å². The van der Waals surface area contributed by atoms with E-state index >= 15 is 0 Å². The maximum Gasteiger partial charge on any atom is 0.308 e. The second-order valence-electron chi connectivity index (χ2n) is 4.62. The van der Waals surface area contributed by atoms with E-state index in [1.165, 1.54) is 11.3 Å². The molecule has 1 aliphatic rings. The summed E-state index contributed by atoms with van der Waals surface area (Å²) in [5, 5.41) is 9.13. The number of aryl methyl sites for hydroxylation is 1. The van der Waals surface area contributed by atoms with Crippen LogP contribution in [0.1, 0.15) is 25.3 Å². The van der Waals surface area contributed by atoms with Gasteiger partial charge in [-0.25, -0.2) is 0 Å². The Morgan fingerprint density at radius 2 is 2.24 bits per heavy atom. The third-order valence-corrected chi connectivity index (χ3v) is 3.49. The molecule has 0 saturated heterocycles. The summed E-state index contributed by atoms with van der Waals surface area (Å²) < 4.78 is 0. The zero-order valence-electron chi connectivity index (χ0n) is 10.2. The summed E-state index contributed by atoms with van der Waals surface area (Å²) >= 11 is 0. The first-order valence-corrected chi connectivity index (χ1v) is 6.28. The zero-order chi connectivity index (χ0) is 12.3. The Morgan fingerprint density at radius 3 is 2.94 bits per heavy atom. The summed E-state index contributed by atoms with van der Waals surface area (Å²) in [6.45, 7) is 3.54. The van der Waals surface area contributed by atoms with Crippen LogP contribution in [-0.2, 0) is 11.2 Å². The molecular weight excluding hydrogens is 214 g/mol. The fourth-order valence-corrected chi connectivity index (χ4v) is 2.45. The summed E-state index contributed by atoms with van der Waals surface area (Å²) in [6.07, 6.45) is 2.91. The SMILES string of the molecule is CCC(CN1CCCc2ccccc21)C(=O)O. The molecule has 0 bridgehead atoms. The van der Waals surface area contributed by atoms with E-state index in [0.29, 0.717) is 13.0 Å². The third kappa shape index (κ3) is 2.60. The number of nitrogens with zero attached hydrogens (tertiary/aromatic N) is 1. The van der Waals surface area contributed by atoms with Crippen molar-refractivity contribution in [2.75, 3.05) is 18.0 Å². The average Bonchev–Trinajstić information content (AvgIpc) is 2.35. The molecule has 1 aliphatic heterocycles. The number of para-hydroxylation sites is 1. The molecule has 1 unspecified atom stereocenters. The van der Waals surface area contributed by atoms with Crippen molar-refractivity contribution in [3.05, 3.63) is 29.8 Å². The maximum absolute atomic E-state index is 11.1. The van der Waals surface area contributed by atoms with E-state index in [0.717, 1.165) is 19.4 Å². The monoisotopic (exact) mass is 233 g/mol. The van der Waals surface area contributed by atoms with Crippen molar-refractivity contribution in [2.45, 2.75) is 26.2 Å². The van der Waals surface area contributed by atoms with Gasteiger partial charge in [-0.15, -0.1) is 0 Å². The highest BCUT2D eigenvalue weighted by Gasteiger charge is 2.22. The molecule has 3 nitrogen and oxygen atoms in total. The molecular formula is C14H19NO2. The molecule has 3 heteroatoms. The summed E-state index contributed by atoms with van der Waals surface area (Å²) in [4.78, 5) is 13.3. The minimum Gasteiger partial charge on any atom is -0.481 e. The molecule has 1 heterocycles. The van der Waals surface area contributed by atoms with Crippen molar-refractivity contribution >= 4 is 11.7 Å². The van der Waals surface area contributed by atoms with Gasteiger partial charge in [0, 0.05) is 18.8 Å². The Bertz CT molecular complexity index is 403. The molecule has 1 aromatic rings. The minimum absolute atomic E-state index is 0.263. The van der Waals surface area contributed by atoms with Gasteiger partial charge in [-0.1, -0.05) is 25.1 Å². The Morgan fingerprint density at radius 1 is 1.47 bits per heavy atom. The van der Waals surface area contributed by atoms with Gasteiger partial charge in [0.25, 0.3) is 0 Å². The van der Waals surface area contributed by atoms with Gasteiger partial charge in [0.1, 0.15) is 0 Å². The van der Waals surface area contributed by atoms with Gasteiger partial charge in [-0.2, -0.15) is 0 Å². The number of fused-ring (bicyclic) bond motifs is 1. The van der Waals surface area contributed by atoms with Crippen LogP contribution in [0.3, 0.4) is 0 Å². The molecule has 17 heavy (non-hydrogen) atoms. The molecule has 1 aromatic carbocycles. The van der Waals surface area contributed by atoms with Crippen LogP contribution in [0.2, 0.25) is 0 Å². The lowest BCUT2D eigenvalue weighted by molar-refractivity contribution is -0.141. The highest BCUT2D eigenvalue weighted by Crippen LogP contribution is 2.27. The van der Waals surface area contributed by atoms with Crippen LogP contribution >= 0.6 is 0 Å². The van der Waals surface area contributed by atoms with Crippen LogP contribution in [0.25, 0.3) is 0 Å². The number of rotatable bonds is 4. The van der Waals surface area contributed by atoms with Crippen LogP contribution in [-0.4, -0.2) is 24.2 Å². The largest absolute Gasteiger partial charge is 0.481 e. The standard InChI is InChI=1S/C14H19NO2/c1-2-11(14(16)17)10-15-9-5-7-12-6-3-4-8-13(12)15/h3-4,6,8,11H,2,5,7,9-10H2,1H3,(H,16,17). The molecule has 0 fully saturated rings. The lowest BCUT2D eigenvalue weighted by Crippen LogP contribution is -2.36. The molecule has 2 rings (SSSR count). The van der Waals surface area contributed by atoms with E-state index in [1.807, 2.05) is 13.0 Å². The van der Waals surface area contributed by atoms with Gasteiger partial charge < -0.3 is 10.0 Å². The van der Waals surface area contributed by atoms with E-state index in [4.69, 9.17) is 5.11 Å². The molecule has 0 spiro atoms. The van der Waals surface area contributed by atoms with E-state index < -0.39 is 5.97 Å². The number of carboxylic acids is 1. The second kappa shape index (κ2) is 5.21. The first kappa shape index (κ1) is 12.0. The molecule has 0 saturated carbocycles. The molecule has 1 N–H and O–H groups in total. The van der Waals surface area contributed by atoms with Gasteiger partial charge in [-0.3, -0.25) is 4.79 Å². The summed E-state index contributed by atoms with van der Waals surface area (Å²) in [5.41, 5.74) is 2.57. The van der Waals surface area contributed by atoms with Gasteiger partial charge in [0.15, 0.2) is 0 Å². The van der Waals surface area contributed by atoms with Gasteiger partial charge in [-0.05, 0) is 30.9 Å². The van der Waals surface area contributed by atoms with E-state index in [-0.39, 0.29) is 5.92 Å². The van der Waals surface area contributed by atoms with Crippen molar-refractivity contribution < 1.29 is 9.90 Å². The predicted octanol–water partition coefficient (Wildman–Crippen LogP) is 2.55. The molecule has 0 amide bonds. The summed E-state index contributed by atoms with van der Waals surface area (Å²) in [6, 6.07) is 8.32. The first-order chi connectivity index (χ1) is 8.22. The Labute approximate surface area is 102 Å². The van der Waals surface area contributed by atoms with Crippen LogP contribution in [0.4, 0.5) is 5.69 Å². The predicted molar refractivity (Wildman–Crippen MR) is 68.4 cm³/mol. The van der Waals surface area contributed by atoms with Crippen molar-refractivity contribution in [2.24, 2.45) is 5.92 Å². The smallest absolute Gasteiger partial charge is 0.308 e. The van der Waals surface area contributed by atoms with Gasteiger partial charge >= 0.3 is 5.97 Å². The fraction of sp³-hybridized carbons (Fsp3) is 0.500. The summed E-state index contributed by atoms with van der Waals surface area (Å²) in [5.74, 6) is -0.947. The Hall–Kier alpha value is -1.51. The lowest BCUT2D eigenvalue weighted by atomic mass is 9.99. The minimum atomic E-state index is -0.685. The maximum atomic E-state index is 11.1. The van der Waals surface area contributed by atoms with E-state index in [1.54, 1.807) is 0 Å². The fourth-order valence-electron chi connectivity index (χ4n) is 2.45. The van der Waals surface area contributed by atoms with Crippen molar-refractivity contribution in [1.82, 2.24) is 0 Å². The zero-order valence-corrected chi connectivity index (χ0v) is 10.2. The number of hydrogen-bond donors (Lipinski definition) is 1. The van der Waals surface area contributed by atoms with E-state index in [9.17, 15) is 4.79 Å². The summed E-state index contributed by atoms with van der Waals surface area (Å²) in [7, 11) is 0.